The molecule has 0 bridgehead atoms. The molecule has 0 saturated carbocycles. The SMILES string of the molecule is CCC(C)C(NS(=O)(=O)c1ccc(C#N)cc1OC)C(F)(F)F. The molecule has 0 amide bonds. The highest BCUT2D eigenvalue weighted by atomic mass is 32.2. The smallest absolute Gasteiger partial charge is 0.405 e. The Morgan fingerprint density at radius 2 is 2.00 bits per heavy atom. The second kappa shape index (κ2) is 7.19. The van der Waals surface area contributed by atoms with E-state index in [1.165, 1.54) is 20.1 Å². The Morgan fingerprint density at radius 3 is 2.43 bits per heavy atom. The zero-order chi connectivity index (χ0) is 17.8. The van der Waals surface area contributed by atoms with Gasteiger partial charge in [-0.3, -0.25) is 0 Å². The van der Waals surface area contributed by atoms with Crippen LogP contribution in [0.2, 0.25) is 0 Å². The molecule has 0 fully saturated rings. The number of halogens is 3. The van der Waals surface area contributed by atoms with Crippen LogP contribution in [0.4, 0.5) is 13.2 Å². The molecule has 0 aliphatic heterocycles. The second-order valence-corrected chi connectivity index (χ2v) is 6.69. The molecule has 0 heterocycles. The maximum atomic E-state index is 13.1. The van der Waals surface area contributed by atoms with Crippen molar-refractivity contribution in [2.45, 2.75) is 37.4 Å². The highest BCUT2D eigenvalue weighted by Crippen LogP contribution is 2.31. The Hall–Kier alpha value is -1.79. The molecule has 1 rings (SSSR count). The summed E-state index contributed by atoms with van der Waals surface area (Å²) in [5.74, 6) is -1.13. The summed E-state index contributed by atoms with van der Waals surface area (Å²) in [6.07, 6.45) is -4.57. The fraction of sp³-hybridized carbons (Fsp3) is 0.500. The molecule has 0 aromatic heterocycles. The van der Waals surface area contributed by atoms with Gasteiger partial charge in [0.15, 0.2) is 0 Å². The van der Waals surface area contributed by atoms with Crippen molar-refractivity contribution in [2.24, 2.45) is 5.92 Å². The molecule has 2 atom stereocenters. The normalized spacial score (nSPS) is 14.8. The number of ether oxygens (including phenoxy) is 1. The Morgan fingerprint density at radius 1 is 1.39 bits per heavy atom. The summed E-state index contributed by atoms with van der Waals surface area (Å²) in [4.78, 5) is -0.448. The Labute approximate surface area is 133 Å². The van der Waals surface area contributed by atoms with E-state index in [2.05, 4.69) is 0 Å². The van der Waals surface area contributed by atoms with E-state index in [0.29, 0.717) is 0 Å². The molecule has 0 saturated heterocycles. The van der Waals surface area contributed by atoms with Crippen molar-refractivity contribution in [3.05, 3.63) is 23.8 Å². The van der Waals surface area contributed by atoms with E-state index in [-0.39, 0.29) is 17.7 Å². The number of nitrogens with one attached hydrogen (secondary N) is 1. The number of hydrogen-bond donors (Lipinski definition) is 1. The van der Waals surface area contributed by atoms with E-state index >= 15 is 0 Å². The predicted molar refractivity (Wildman–Crippen MR) is 77.3 cm³/mol. The topological polar surface area (TPSA) is 79.2 Å². The van der Waals surface area contributed by atoms with Gasteiger partial charge < -0.3 is 4.74 Å². The van der Waals surface area contributed by atoms with Gasteiger partial charge in [-0.25, -0.2) is 8.42 Å². The lowest BCUT2D eigenvalue weighted by atomic mass is 10.00. The van der Waals surface area contributed by atoms with Gasteiger partial charge in [0.1, 0.15) is 16.7 Å². The summed E-state index contributed by atoms with van der Waals surface area (Å²) in [7, 11) is -3.30. The van der Waals surface area contributed by atoms with Crippen LogP contribution in [0.3, 0.4) is 0 Å². The van der Waals surface area contributed by atoms with Gasteiger partial charge in [0.2, 0.25) is 10.0 Å². The quantitative estimate of drug-likeness (QED) is 0.856. The van der Waals surface area contributed by atoms with Crippen molar-refractivity contribution in [2.75, 3.05) is 7.11 Å². The number of hydrogen-bond acceptors (Lipinski definition) is 4. The lowest BCUT2D eigenvalue weighted by molar-refractivity contribution is -0.161. The summed E-state index contributed by atoms with van der Waals surface area (Å²) >= 11 is 0. The molecule has 0 spiro atoms. The van der Waals surface area contributed by atoms with E-state index in [0.717, 1.165) is 12.1 Å². The van der Waals surface area contributed by atoms with E-state index < -0.39 is 33.1 Å². The first-order valence-corrected chi connectivity index (χ1v) is 8.22. The Kier molecular flexibility index (Phi) is 6.02. The molecule has 2 unspecified atom stereocenters. The minimum Gasteiger partial charge on any atom is -0.495 e. The molecule has 1 aromatic rings. The maximum absolute atomic E-state index is 13.1. The molecule has 0 radical (unpaired) electrons. The highest BCUT2D eigenvalue weighted by Gasteiger charge is 2.45. The van der Waals surface area contributed by atoms with Crippen molar-refractivity contribution >= 4 is 10.0 Å². The van der Waals surface area contributed by atoms with Crippen LogP contribution in [0.25, 0.3) is 0 Å². The summed E-state index contributed by atoms with van der Waals surface area (Å²) in [6, 6.07) is 2.98. The Bertz CT molecular complexity index is 696. The number of rotatable bonds is 6. The summed E-state index contributed by atoms with van der Waals surface area (Å²) in [5.41, 5.74) is 0.134. The Balaban J connectivity index is 3.28. The average Bonchev–Trinajstić information content (AvgIpc) is 2.50. The first kappa shape index (κ1) is 19.3. The molecule has 23 heavy (non-hydrogen) atoms. The van der Waals surface area contributed by atoms with Crippen LogP contribution >= 0.6 is 0 Å². The van der Waals surface area contributed by atoms with E-state index in [1.807, 2.05) is 0 Å². The molecule has 9 heteroatoms. The number of methoxy groups -OCH3 is 1. The van der Waals surface area contributed by atoms with Gasteiger partial charge in [0.05, 0.1) is 18.7 Å². The number of nitrogens with zero attached hydrogens (tertiary/aromatic N) is 1. The van der Waals surface area contributed by atoms with Crippen LogP contribution < -0.4 is 9.46 Å². The van der Waals surface area contributed by atoms with Crippen molar-refractivity contribution in [3.63, 3.8) is 0 Å². The summed E-state index contributed by atoms with van der Waals surface area (Å²) in [6.45, 7) is 2.86. The fourth-order valence-corrected chi connectivity index (χ4v) is 3.41. The monoisotopic (exact) mass is 350 g/mol. The summed E-state index contributed by atoms with van der Waals surface area (Å²) < 4.78 is 70.5. The van der Waals surface area contributed by atoms with Gasteiger partial charge in [-0.15, -0.1) is 0 Å². The van der Waals surface area contributed by atoms with Crippen LogP contribution in [0.15, 0.2) is 23.1 Å². The summed E-state index contributed by atoms with van der Waals surface area (Å²) in [5, 5.41) is 8.79. The fourth-order valence-electron chi connectivity index (χ4n) is 1.93. The van der Waals surface area contributed by atoms with Crippen molar-refractivity contribution in [3.8, 4) is 11.8 Å². The van der Waals surface area contributed by atoms with Gasteiger partial charge in [-0.1, -0.05) is 20.3 Å². The van der Waals surface area contributed by atoms with Gasteiger partial charge >= 0.3 is 6.18 Å². The molecular weight excluding hydrogens is 333 g/mol. The molecule has 1 N–H and O–H groups in total. The van der Waals surface area contributed by atoms with Crippen molar-refractivity contribution in [1.29, 1.82) is 5.26 Å². The highest BCUT2D eigenvalue weighted by molar-refractivity contribution is 7.89. The third kappa shape index (κ3) is 4.59. The molecule has 1 aromatic carbocycles. The lowest BCUT2D eigenvalue weighted by Gasteiger charge is -2.26. The zero-order valence-corrected chi connectivity index (χ0v) is 13.6. The van der Waals surface area contributed by atoms with Crippen molar-refractivity contribution < 1.29 is 26.3 Å². The minimum atomic E-state index is -4.72. The first-order chi connectivity index (χ1) is 10.6. The van der Waals surface area contributed by atoms with Crippen LogP contribution in [0, 0.1) is 17.2 Å². The largest absolute Gasteiger partial charge is 0.495 e. The van der Waals surface area contributed by atoms with Crippen molar-refractivity contribution in [1.82, 2.24) is 4.72 Å². The van der Waals surface area contributed by atoms with Gasteiger partial charge in [-0.2, -0.15) is 23.2 Å². The van der Waals surface area contributed by atoms with Crippen LogP contribution in [-0.4, -0.2) is 27.7 Å². The third-order valence-electron chi connectivity index (χ3n) is 3.43. The van der Waals surface area contributed by atoms with Gasteiger partial charge in [0.25, 0.3) is 0 Å². The van der Waals surface area contributed by atoms with E-state index in [9.17, 15) is 21.6 Å². The number of benzene rings is 1. The molecule has 0 aliphatic rings. The van der Waals surface area contributed by atoms with Crippen LogP contribution in [0.5, 0.6) is 5.75 Å². The first-order valence-electron chi connectivity index (χ1n) is 6.74. The van der Waals surface area contributed by atoms with Crippen LogP contribution in [0.1, 0.15) is 25.8 Å². The molecule has 5 nitrogen and oxygen atoms in total. The molecular formula is C14H17F3N2O3S. The van der Waals surface area contributed by atoms with E-state index in [1.54, 1.807) is 17.7 Å². The average molecular weight is 350 g/mol. The number of alkyl halides is 3. The van der Waals surface area contributed by atoms with Crippen LogP contribution in [-0.2, 0) is 10.0 Å². The number of sulfonamides is 1. The predicted octanol–water partition coefficient (Wildman–Crippen LogP) is 2.82. The standard InChI is InChI=1S/C14H17F3N2O3S/c1-4-9(2)13(14(15,16)17)19-23(20,21)12-6-5-10(8-18)7-11(12)22-3/h5-7,9,13,19H,4H2,1-3H3. The number of nitriles is 1. The van der Waals surface area contributed by atoms with Gasteiger partial charge in [0, 0.05) is 0 Å². The maximum Gasteiger partial charge on any atom is 0.405 e. The zero-order valence-electron chi connectivity index (χ0n) is 12.8. The second-order valence-electron chi connectivity index (χ2n) is 5.00. The molecule has 0 aliphatic carbocycles. The minimum absolute atomic E-state index is 0.134. The van der Waals surface area contributed by atoms with Gasteiger partial charge in [-0.05, 0) is 24.1 Å². The van der Waals surface area contributed by atoms with E-state index in [4.69, 9.17) is 10.00 Å². The molecule has 128 valence electrons. The third-order valence-corrected chi connectivity index (χ3v) is 4.91. The lowest BCUT2D eigenvalue weighted by Crippen LogP contribution is -2.49.